The van der Waals surface area contributed by atoms with Gasteiger partial charge in [-0.3, -0.25) is 29.0 Å². The molecule has 2 saturated carbocycles. The van der Waals surface area contributed by atoms with Crippen molar-refractivity contribution < 1.29 is 81.7 Å². The molecule has 2 N–H and O–H groups in total. The Hall–Kier alpha value is -5.46. The Morgan fingerprint density at radius 1 is 0.814 bits per heavy atom. The number of hydrogen-bond acceptors (Lipinski definition) is 18. The van der Waals surface area contributed by atoms with Crippen LogP contribution in [0.1, 0.15) is 81.3 Å². The van der Waals surface area contributed by atoms with Gasteiger partial charge in [-0.25, -0.2) is 9.59 Å². The molecule has 6 rings (SSSR count). The number of ether oxygens (including phenoxy) is 8. The molecule has 3 heterocycles. The van der Waals surface area contributed by atoms with Crippen molar-refractivity contribution in [2.75, 3.05) is 13.2 Å². The monoisotopic (exact) mass is 825 g/mol. The number of carbonyl (C=O) groups is 7. The molecular weight excluding hydrogens is 778 g/mol. The number of benzene rings is 1. The first kappa shape index (κ1) is 43.1. The molecule has 2 aromatic rings. The molecule has 318 valence electrons. The van der Waals surface area contributed by atoms with E-state index in [1.807, 2.05) is 0 Å². The van der Waals surface area contributed by atoms with Crippen LogP contribution >= 0.6 is 0 Å². The second kappa shape index (κ2) is 16.0. The summed E-state index contributed by atoms with van der Waals surface area (Å²) < 4.78 is 49.0. The average molecular weight is 826 g/mol. The molecule has 18 nitrogen and oxygen atoms in total. The Labute approximate surface area is 338 Å². The maximum absolute atomic E-state index is 14.3. The number of aromatic nitrogens is 1. The fourth-order valence-electron chi connectivity index (χ4n) is 9.54. The van der Waals surface area contributed by atoms with E-state index >= 15 is 0 Å². The zero-order chi connectivity index (χ0) is 43.2. The Balaban J connectivity index is 1.73. The van der Waals surface area contributed by atoms with Crippen LogP contribution < -0.4 is 0 Å². The van der Waals surface area contributed by atoms with E-state index in [0.29, 0.717) is 0 Å². The van der Waals surface area contributed by atoms with Gasteiger partial charge in [-0.1, -0.05) is 25.1 Å². The number of carbonyl (C=O) groups excluding carboxylic acids is 7. The number of cyclic esters (lactones) is 1. The van der Waals surface area contributed by atoms with Gasteiger partial charge in [0.2, 0.25) is 0 Å². The zero-order valence-corrected chi connectivity index (χ0v) is 33.5. The van der Waals surface area contributed by atoms with Gasteiger partial charge in [0, 0.05) is 33.9 Å². The molecule has 12 unspecified atom stereocenters. The molecule has 0 radical (unpaired) electrons. The topological polar surface area (TPSA) is 247 Å². The zero-order valence-electron chi connectivity index (χ0n) is 33.5. The van der Waals surface area contributed by atoms with Crippen molar-refractivity contribution in [1.29, 1.82) is 0 Å². The smallest absolute Gasteiger partial charge is 0.340 e. The fourth-order valence-corrected chi connectivity index (χ4v) is 9.54. The van der Waals surface area contributed by atoms with E-state index in [9.17, 15) is 43.8 Å². The highest BCUT2D eigenvalue weighted by Crippen LogP contribution is 2.70. The maximum atomic E-state index is 14.3. The normalized spacial score (nSPS) is 36.3. The predicted octanol–water partition coefficient (Wildman–Crippen LogP) is 1.59. The summed E-state index contributed by atoms with van der Waals surface area (Å²) in [5.74, 6) is -9.50. The summed E-state index contributed by atoms with van der Waals surface area (Å²) in [7, 11) is 0. The third-order valence-electron chi connectivity index (χ3n) is 11.8. The van der Waals surface area contributed by atoms with Crippen LogP contribution in [-0.4, -0.2) is 124 Å². The van der Waals surface area contributed by atoms with Crippen molar-refractivity contribution in [3.63, 3.8) is 0 Å². The molecule has 1 saturated heterocycles. The second-order valence-electron chi connectivity index (χ2n) is 15.8. The quantitative estimate of drug-likeness (QED) is 0.297. The van der Waals surface area contributed by atoms with Gasteiger partial charge < -0.3 is 48.1 Å². The summed E-state index contributed by atoms with van der Waals surface area (Å²) in [5, 5.41) is 25.4. The van der Waals surface area contributed by atoms with Crippen molar-refractivity contribution >= 4 is 41.8 Å². The Kier molecular flexibility index (Phi) is 11.7. The van der Waals surface area contributed by atoms with Gasteiger partial charge in [-0.2, -0.15) is 0 Å². The van der Waals surface area contributed by atoms with E-state index in [4.69, 9.17) is 37.9 Å². The fraction of sp³-hybridized carbons (Fsp3) is 0.561. The molecule has 0 amide bonds. The van der Waals surface area contributed by atoms with Crippen LogP contribution in [0.3, 0.4) is 0 Å². The van der Waals surface area contributed by atoms with Gasteiger partial charge in [0.25, 0.3) is 0 Å². The van der Waals surface area contributed by atoms with Crippen LogP contribution in [0.2, 0.25) is 0 Å². The van der Waals surface area contributed by atoms with Crippen molar-refractivity contribution in [3.8, 4) is 0 Å². The summed E-state index contributed by atoms with van der Waals surface area (Å²) in [5.41, 5.74) is -9.93. The third kappa shape index (κ3) is 7.09. The maximum Gasteiger partial charge on any atom is 0.340 e. The molecule has 1 aromatic heterocycles. The van der Waals surface area contributed by atoms with Gasteiger partial charge in [0.1, 0.15) is 35.4 Å². The molecule has 12 atom stereocenters. The van der Waals surface area contributed by atoms with E-state index in [1.54, 1.807) is 6.07 Å². The SMILES string of the molecule is CC(=O)OC1C2C(OC(C)=O)C34OC2(C)COC(=O)c2cccnc2CCC(C)C(=O)OC(C(OC(=O)c2ccccc2)C(OC(C)=O)C3(CO)C1OC(C)=O)C4(C)O. The number of pyridine rings is 1. The van der Waals surface area contributed by atoms with E-state index in [-0.39, 0.29) is 29.7 Å². The molecular formula is C41H47NO17. The summed E-state index contributed by atoms with van der Waals surface area (Å²) in [6, 6.07) is 10.5. The lowest BCUT2D eigenvalue weighted by molar-refractivity contribution is -0.386. The third-order valence-corrected chi connectivity index (χ3v) is 11.8. The summed E-state index contributed by atoms with van der Waals surface area (Å²) >= 11 is 0. The van der Waals surface area contributed by atoms with E-state index < -0.39 is 126 Å². The summed E-state index contributed by atoms with van der Waals surface area (Å²) in [6.45, 7) is 5.99. The van der Waals surface area contributed by atoms with Gasteiger partial charge >= 0.3 is 41.8 Å². The Morgan fingerprint density at radius 2 is 1.41 bits per heavy atom. The van der Waals surface area contributed by atoms with E-state index in [2.05, 4.69) is 4.98 Å². The number of rotatable bonds is 7. The molecule has 1 spiro atoms. The molecule has 3 fully saturated rings. The highest BCUT2D eigenvalue weighted by atomic mass is 16.7. The molecule has 59 heavy (non-hydrogen) atoms. The minimum absolute atomic E-state index is 0.0302. The number of aryl methyl sites for hydroxylation is 1. The van der Waals surface area contributed by atoms with Crippen molar-refractivity contribution in [2.24, 2.45) is 17.3 Å². The van der Waals surface area contributed by atoms with Crippen LogP contribution in [0.15, 0.2) is 48.7 Å². The van der Waals surface area contributed by atoms with Gasteiger partial charge in [0.05, 0.1) is 35.3 Å². The lowest BCUT2D eigenvalue weighted by Crippen LogP contribution is -2.89. The minimum atomic E-state index is -2.81. The predicted molar refractivity (Wildman–Crippen MR) is 196 cm³/mol. The number of aliphatic hydroxyl groups is 2. The first-order chi connectivity index (χ1) is 27.7. The first-order valence-corrected chi connectivity index (χ1v) is 19.1. The summed E-state index contributed by atoms with van der Waals surface area (Å²) in [6.07, 6.45) is -10.4. The Bertz CT molecular complexity index is 2020. The highest BCUT2D eigenvalue weighted by Gasteiger charge is 2.91. The van der Waals surface area contributed by atoms with Gasteiger partial charge in [0.15, 0.2) is 30.0 Å². The van der Waals surface area contributed by atoms with Crippen LogP contribution in [-0.2, 0) is 68.3 Å². The number of hydrogen-bond donors (Lipinski definition) is 2. The van der Waals surface area contributed by atoms with E-state index in [1.165, 1.54) is 56.4 Å². The van der Waals surface area contributed by atoms with Crippen molar-refractivity contribution in [3.05, 3.63) is 65.5 Å². The van der Waals surface area contributed by atoms with Crippen LogP contribution in [0.25, 0.3) is 0 Å². The van der Waals surface area contributed by atoms with E-state index in [0.717, 1.165) is 34.6 Å². The van der Waals surface area contributed by atoms with Crippen LogP contribution in [0.5, 0.6) is 0 Å². The van der Waals surface area contributed by atoms with Crippen molar-refractivity contribution in [2.45, 2.75) is 115 Å². The average Bonchev–Trinajstić information content (AvgIpc) is 3.39. The van der Waals surface area contributed by atoms with Crippen LogP contribution in [0, 0.1) is 17.3 Å². The minimum Gasteiger partial charge on any atom is -0.459 e. The lowest BCUT2D eigenvalue weighted by Gasteiger charge is -2.67. The second-order valence-corrected chi connectivity index (χ2v) is 15.8. The molecule has 1 aromatic carbocycles. The molecule has 2 aliphatic heterocycles. The van der Waals surface area contributed by atoms with Gasteiger partial charge in [-0.05, 0) is 51.0 Å². The highest BCUT2D eigenvalue weighted by molar-refractivity contribution is 5.91. The molecule has 4 aliphatic rings. The van der Waals surface area contributed by atoms with Crippen LogP contribution in [0.4, 0.5) is 0 Å². The lowest BCUT2D eigenvalue weighted by atomic mass is 9.45. The first-order valence-electron chi connectivity index (χ1n) is 19.1. The largest absolute Gasteiger partial charge is 0.459 e. The molecule has 2 aliphatic carbocycles. The Morgan fingerprint density at radius 3 is 2.00 bits per heavy atom. The molecule has 4 bridgehead atoms. The number of nitrogens with zero attached hydrogens (tertiary/aromatic N) is 1. The number of esters is 7. The number of aliphatic hydroxyl groups excluding tert-OH is 1. The standard InChI is InChI=1S/C41H47NO17/c1-20-15-16-27-26(14-11-17-42-27)37(50)52-19-38(6)28-29(53-21(2)44)33(55-23(4)46)40(18-43)34(56-24(5)47)30(57-36(49)25-12-9-8-10-13-25)32(58-35(20)48)39(7,51)41(40,59-38)31(28)54-22(3)45/h8-14,17,20,28-34,43,51H,15-16,18-19H2,1-7H3. The van der Waals surface area contributed by atoms with Gasteiger partial charge in [-0.15, -0.1) is 0 Å². The molecule has 18 heteroatoms. The summed E-state index contributed by atoms with van der Waals surface area (Å²) in [4.78, 5) is 99.3. The number of fused-ring (bicyclic) bond motifs is 5. The van der Waals surface area contributed by atoms with Crippen molar-refractivity contribution in [1.82, 2.24) is 4.98 Å².